The highest BCUT2D eigenvalue weighted by molar-refractivity contribution is 5.90. The number of esters is 2. The normalized spacial score (nSPS) is 19.5. The third kappa shape index (κ3) is 10.2. The quantitative estimate of drug-likeness (QED) is 0.0579. The average molecular weight is 840 g/mol. The van der Waals surface area contributed by atoms with Crippen LogP contribution in [0.3, 0.4) is 0 Å². The molecule has 0 unspecified atom stereocenters. The van der Waals surface area contributed by atoms with Gasteiger partial charge in [0.25, 0.3) is 0 Å². The van der Waals surface area contributed by atoms with Crippen LogP contribution < -0.4 is 15.7 Å². The molecule has 2 N–H and O–H groups in total. The third-order valence-electron chi connectivity index (χ3n) is 12.6. The summed E-state index contributed by atoms with van der Waals surface area (Å²) in [6.45, 7) is 12.5. The van der Waals surface area contributed by atoms with Crippen LogP contribution in [-0.4, -0.2) is 41.8 Å². The van der Waals surface area contributed by atoms with Crippen LogP contribution in [0.2, 0.25) is 0 Å². The molecule has 2 bridgehead atoms. The van der Waals surface area contributed by atoms with Crippen molar-refractivity contribution in [2.45, 2.75) is 123 Å². The highest BCUT2D eigenvalue weighted by Gasteiger charge is 2.50. The maximum absolute atomic E-state index is 14.6. The number of nitrogens with one attached hydrogen (secondary N) is 1. The fourth-order valence-electron chi connectivity index (χ4n) is 9.18. The van der Waals surface area contributed by atoms with Crippen molar-refractivity contribution < 1.29 is 33.3 Å². The van der Waals surface area contributed by atoms with E-state index in [0.717, 1.165) is 42.5 Å². The van der Waals surface area contributed by atoms with Gasteiger partial charge in [0.05, 0.1) is 12.2 Å². The fraction of sp³-hybridized carbons (Fsp3) is 0.415. The van der Waals surface area contributed by atoms with Gasteiger partial charge in [0.2, 0.25) is 0 Å². The van der Waals surface area contributed by atoms with Crippen molar-refractivity contribution in [2.24, 2.45) is 5.92 Å². The molecule has 0 aliphatic carbocycles. The number of carbonyl (C=O) groups excluding carboxylic acids is 2. The first-order chi connectivity index (χ1) is 29.8. The van der Waals surface area contributed by atoms with Crippen LogP contribution in [-0.2, 0) is 51.4 Å². The Hall–Kier alpha value is -5.51. The molecule has 8 rings (SSSR count). The van der Waals surface area contributed by atoms with E-state index in [4.69, 9.17) is 18.6 Å². The van der Waals surface area contributed by atoms with Gasteiger partial charge in [-0.3, -0.25) is 4.79 Å². The van der Waals surface area contributed by atoms with E-state index in [0.29, 0.717) is 65.6 Å². The van der Waals surface area contributed by atoms with Crippen molar-refractivity contribution in [3.63, 3.8) is 0 Å². The molecular formula is C53H61NO8. The van der Waals surface area contributed by atoms with E-state index in [2.05, 4.69) is 78.1 Å². The zero-order valence-electron chi connectivity index (χ0n) is 37.1. The lowest BCUT2D eigenvalue weighted by atomic mass is 9.85. The topological polar surface area (TPSA) is 124 Å². The van der Waals surface area contributed by atoms with Crippen molar-refractivity contribution in [1.29, 1.82) is 0 Å². The molecule has 0 spiro atoms. The van der Waals surface area contributed by atoms with Crippen LogP contribution in [0.15, 0.2) is 111 Å². The zero-order valence-corrected chi connectivity index (χ0v) is 37.1. The number of benzene rings is 4. The van der Waals surface area contributed by atoms with Crippen LogP contribution in [0.25, 0.3) is 11.0 Å². The predicted octanol–water partition coefficient (Wildman–Crippen LogP) is 9.81. The zero-order chi connectivity index (χ0) is 44.0. The second-order valence-corrected chi connectivity index (χ2v) is 17.9. The Bertz CT molecular complexity index is 2460. The van der Waals surface area contributed by atoms with E-state index < -0.39 is 42.0 Å². The van der Waals surface area contributed by atoms with Gasteiger partial charge >= 0.3 is 17.6 Å². The Morgan fingerprint density at radius 2 is 1.58 bits per heavy atom. The van der Waals surface area contributed by atoms with Crippen molar-refractivity contribution in [2.75, 3.05) is 13.1 Å². The first-order valence-corrected chi connectivity index (χ1v) is 22.2. The molecule has 0 fully saturated rings. The van der Waals surface area contributed by atoms with Crippen LogP contribution in [0, 0.1) is 5.92 Å². The van der Waals surface area contributed by atoms with Crippen LogP contribution >= 0.6 is 0 Å². The van der Waals surface area contributed by atoms with E-state index in [1.54, 1.807) is 26.0 Å². The lowest BCUT2D eigenvalue weighted by Crippen LogP contribution is -2.52. The SMILES string of the molecule is CCNCC[C@@H](C)c1c(CO)c2ccc3c(c2oc1=O)[C@H]1OC(=O)C[C@H](CCc2cccc(Cc4ccccc4)c2)Cc2ccc(cc2)CCC(=C(C)C)C(=O)O[C@@H]1C(C)(C)O3. The number of aliphatic hydroxyl groups excluding tert-OH is 1. The number of carbonyl (C=O) groups is 2. The minimum absolute atomic E-state index is 0.0812. The smallest absolute Gasteiger partial charge is 0.340 e. The molecule has 326 valence electrons. The Kier molecular flexibility index (Phi) is 14.1. The van der Waals surface area contributed by atoms with E-state index in [9.17, 15) is 19.5 Å². The Morgan fingerprint density at radius 1 is 0.855 bits per heavy atom. The molecule has 9 heteroatoms. The molecule has 1 aromatic heterocycles. The molecule has 0 radical (unpaired) electrons. The number of hydrogen-bond donors (Lipinski definition) is 2. The maximum Gasteiger partial charge on any atom is 0.340 e. The lowest BCUT2D eigenvalue weighted by molar-refractivity contribution is -0.188. The van der Waals surface area contributed by atoms with Gasteiger partial charge in [0.1, 0.15) is 16.9 Å². The van der Waals surface area contributed by atoms with Crippen molar-refractivity contribution in [3.05, 3.63) is 157 Å². The molecule has 3 aliphatic heterocycles. The van der Waals surface area contributed by atoms with Crippen LogP contribution in [0.1, 0.15) is 124 Å². The molecule has 5 aromatic rings. The largest absolute Gasteiger partial charge is 0.483 e. The fourth-order valence-corrected chi connectivity index (χ4v) is 9.18. The molecule has 0 amide bonds. The van der Waals surface area contributed by atoms with Gasteiger partial charge in [-0.25, -0.2) is 9.59 Å². The molecule has 9 nitrogen and oxygen atoms in total. The minimum atomic E-state index is -1.19. The average Bonchev–Trinajstić information content (AvgIpc) is 3.24. The number of rotatable bonds is 11. The van der Waals surface area contributed by atoms with Gasteiger partial charge in [-0.1, -0.05) is 98.3 Å². The summed E-state index contributed by atoms with van der Waals surface area (Å²) in [5.41, 5.74) is 6.80. The number of fused-ring (bicyclic) bond motifs is 13. The Labute approximate surface area is 365 Å². The van der Waals surface area contributed by atoms with E-state index >= 15 is 0 Å². The second kappa shape index (κ2) is 19.7. The Morgan fingerprint density at radius 3 is 2.31 bits per heavy atom. The van der Waals surface area contributed by atoms with Gasteiger partial charge in [-0.2, -0.15) is 0 Å². The van der Waals surface area contributed by atoms with E-state index in [-0.39, 0.29) is 23.8 Å². The molecule has 0 saturated heterocycles. The minimum Gasteiger partial charge on any atom is -0.483 e. The predicted molar refractivity (Wildman–Crippen MR) is 242 cm³/mol. The second-order valence-electron chi connectivity index (χ2n) is 17.9. The maximum atomic E-state index is 14.6. The molecule has 3 aliphatic rings. The number of hydrogen-bond acceptors (Lipinski definition) is 9. The van der Waals surface area contributed by atoms with E-state index in [1.165, 1.54) is 16.7 Å². The molecule has 62 heavy (non-hydrogen) atoms. The summed E-state index contributed by atoms with van der Waals surface area (Å²) in [5, 5.41) is 14.6. The molecule has 0 saturated carbocycles. The third-order valence-corrected chi connectivity index (χ3v) is 12.6. The summed E-state index contributed by atoms with van der Waals surface area (Å²) in [5.74, 6) is -0.942. The van der Waals surface area contributed by atoms with E-state index in [1.807, 2.05) is 33.8 Å². The molecule has 4 atom stereocenters. The van der Waals surface area contributed by atoms with Crippen LogP contribution in [0.5, 0.6) is 5.75 Å². The summed E-state index contributed by atoms with van der Waals surface area (Å²) in [7, 11) is 0. The standard InChI is InChI=1S/C53H61NO8/c1-7-54-27-26-34(4)46-43(32-55)42-24-25-44-47(48(42)60-52(46)58)49-50(53(5,6)62-44)61-51(57)41(33(2)3)23-22-35-16-18-38(19-17-35)30-40(31-45(56)59-49)21-20-37-14-11-15-39(29-37)28-36-12-9-8-10-13-36/h8-19,24-25,29,34,40,49-50,54-55H,7,20-23,26-28,30-32H2,1-6H3/t34-,40-,49-,50+/m1/s1. The number of ether oxygens (including phenoxy) is 3. The lowest BCUT2D eigenvalue weighted by Gasteiger charge is -2.43. The number of aryl methyl sites for hydroxylation is 2. The first-order valence-electron chi connectivity index (χ1n) is 22.2. The summed E-state index contributed by atoms with van der Waals surface area (Å²) in [6.07, 6.45) is 2.54. The molecule has 4 heterocycles. The van der Waals surface area contributed by atoms with Gasteiger partial charge in [-0.05, 0) is 143 Å². The highest BCUT2D eigenvalue weighted by atomic mass is 16.6. The summed E-state index contributed by atoms with van der Waals surface area (Å²) >= 11 is 0. The van der Waals surface area contributed by atoms with Crippen molar-refractivity contribution >= 4 is 22.9 Å². The summed E-state index contributed by atoms with van der Waals surface area (Å²) in [6, 6.07) is 31.1. The summed E-state index contributed by atoms with van der Waals surface area (Å²) < 4.78 is 25.8. The highest BCUT2D eigenvalue weighted by Crippen LogP contribution is 2.48. The van der Waals surface area contributed by atoms with Gasteiger partial charge < -0.3 is 29.1 Å². The summed E-state index contributed by atoms with van der Waals surface area (Å²) in [4.78, 5) is 42.9. The number of allylic oxidation sites excluding steroid dienone is 1. The van der Waals surface area contributed by atoms with Gasteiger partial charge in [-0.15, -0.1) is 0 Å². The molecular weight excluding hydrogens is 779 g/mol. The Balaban J connectivity index is 1.28. The monoisotopic (exact) mass is 839 g/mol. The van der Waals surface area contributed by atoms with Crippen LogP contribution in [0.4, 0.5) is 0 Å². The van der Waals surface area contributed by atoms with Crippen molar-refractivity contribution in [1.82, 2.24) is 5.32 Å². The molecule has 4 aromatic carbocycles. The number of aliphatic hydroxyl groups is 1. The van der Waals surface area contributed by atoms with Crippen molar-refractivity contribution in [3.8, 4) is 5.75 Å². The van der Waals surface area contributed by atoms with Gasteiger partial charge in [0, 0.05) is 22.9 Å². The van der Waals surface area contributed by atoms with Gasteiger partial charge in [0.15, 0.2) is 12.2 Å². The first kappa shape index (κ1) is 44.5.